The molecule has 0 saturated carbocycles. The Kier molecular flexibility index (Phi) is 4.01. The van der Waals surface area contributed by atoms with Crippen LogP contribution in [0.1, 0.15) is 5.56 Å². The van der Waals surface area contributed by atoms with E-state index in [2.05, 4.69) is 58.9 Å². The molecule has 1 saturated heterocycles. The molecular formula is C13H16N2S3. The summed E-state index contributed by atoms with van der Waals surface area (Å²) in [4.78, 5) is 4.63. The Bertz CT molecular complexity index is 532. The van der Waals surface area contributed by atoms with E-state index in [4.69, 9.17) is 0 Å². The average molecular weight is 296 g/mol. The molecule has 2 nitrogen and oxygen atoms in total. The lowest BCUT2D eigenvalue weighted by Crippen LogP contribution is -2.23. The Balaban J connectivity index is 1.67. The summed E-state index contributed by atoms with van der Waals surface area (Å²) in [6.45, 7) is 3.17. The molecule has 18 heavy (non-hydrogen) atoms. The molecule has 1 fully saturated rings. The van der Waals surface area contributed by atoms with Crippen molar-refractivity contribution < 1.29 is 0 Å². The van der Waals surface area contributed by atoms with Gasteiger partial charge in [-0.25, -0.2) is 4.98 Å². The molecule has 0 spiro atoms. The van der Waals surface area contributed by atoms with E-state index in [1.54, 1.807) is 11.3 Å². The van der Waals surface area contributed by atoms with Gasteiger partial charge in [-0.2, -0.15) is 23.5 Å². The molecule has 0 radical (unpaired) electrons. The zero-order valence-corrected chi connectivity index (χ0v) is 12.8. The minimum absolute atomic E-state index is 0.734. The average Bonchev–Trinajstić information content (AvgIpc) is 2.79. The topological polar surface area (TPSA) is 24.9 Å². The van der Waals surface area contributed by atoms with E-state index in [1.807, 2.05) is 0 Å². The van der Waals surface area contributed by atoms with Crippen LogP contribution in [-0.2, 0) is 0 Å². The summed E-state index contributed by atoms with van der Waals surface area (Å²) in [7, 11) is 0. The number of fused-ring (bicyclic) bond motifs is 1. The van der Waals surface area contributed by atoms with Crippen LogP contribution in [0, 0.1) is 6.92 Å². The third kappa shape index (κ3) is 2.95. The number of aryl methyl sites for hydroxylation is 1. The van der Waals surface area contributed by atoms with Gasteiger partial charge in [0, 0.05) is 29.1 Å². The van der Waals surface area contributed by atoms with Gasteiger partial charge < -0.3 is 5.32 Å². The Labute approximate surface area is 120 Å². The molecule has 1 aliphatic rings. The normalized spacial score (nSPS) is 20.2. The van der Waals surface area contributed by atoms with Crippen molar-refractivity contribution in [3.63, 3.8) is 0 Å². The standard InChI is InChI=1S/C13H16N2S3/c1-9-2-3-11-12(6-9)18-13(15-11)14-7-10-8-16-4-5-17-10/h2-3,6,10H,4-5,7-8H2,1H3,(H,14,15). The van der Waals surface area contributed by atoms with E-state index in [1.165, 1.54) is 27.5 Å². The number of hydrogen-bond donors (Lipinski definition) is 1. The fourth-order valence-corrected chi connectivity index (χ4v) is 5.55. The van der Waals surface area contributed by atoms with E-state index < -0.39 is 0 Å². The van der Waals surface area contributed by atoms with E-state index in [0.29, 0.717) is 0 Å². The summed E-state index contributed by atoms with van der Waals surface area (Å²) in [6, 6.07) is 6.44. The lowest BCUT2D eigenvalue weighted by Gasteiger charge is -2.20. The minimum atomic E-state index is 0.734. The first-order valence-corrected chi connectivity index (χ1v) is 9.14. The minimum Gasteiger partial charge on any atom is -0.360 e. The quantitative estimate of drug-likeness (QED) is 0.929. The Morgan fingerprint density at radius 1 is 1.39 bits per heavy atom. The summed E-state index contributed by atoms with van der Waals surface area (Å²) in [5, 5.41) is 5.29. The van der Waals surface area contributed by atoms with E-state index >= 15 is 0 Å². The summed E-state index contributed by atoms with van der Waals surface area (Å²) < 4.78 is 1.28. The number of benzene rings is 1. The van der Waals surface area contributed by atoms with Crippen LogP contribution < -0.4 is 5.32 Å². The van der Waals surface area contributed by atoms with Crippen LogP contribution in [0.2, 0.25) is 0 Å². The molecule has 1 N–H and O–H groups in total. The summed E-state index contributed by atoms with van der Waals surface area (Å²) in [6.07, 6.45) is 0. The molecule has 1 aromatic carbocycles. The van der Waals surface area contributed by atoms with Gasteiger partial charge in [-0.3, -0.25) is 0 Å². The van der Waals surface area contributed by atoms with E-state index in [9.17, 15) is 0 Å². The van der Waals surface area contributed by atoms with Crippen molar-refractivity contribution >= 4 is 50.2 Å². The highest BCUT2D eigenvalue weighted by Gasteiger charge is 2.14. The summed E-state index contributed by atoms with van der Waals surface area (Å²) >= 11 is 5.91. The van der Waals surface area contributed by atoms with Crippen molar-refractivity contribution in [3.05, 3.63) is 23.8 Å². The number of aromatic nitrogens is 1. The predicted octanol–water partition coefficient (Wildman–Crippen LogP) is 3.87. The van der Waals surface area contributed by atoms with Crippen molar-refractivity contribution in [3.8, 4) is 0 Å². The Morgan fingerprint density at radius 3 is 3.17 bits per heavy atom. The van der Waals surface area contributed by atoms with Crippen LogP contribution in [-0.4, -0.2) is 34.0 Å². The van der Waals surface area contributed by atoms with Gasteiger partial charge in [0.1, 0.15) is 0 Å². The van der Waals surface area contributed by atoms with Crippen molar-refractivity contribution in [1.82, 2.24) is 4.98 Å². The zero-order valence-electron chi connectivity index (χ0n) is 10.3. The highest BCUT2D eigenvalue weighted by molar-refractivity contribution is 8.06. The van der Waals surface area contributed by atoms with Crippen LogP contribution in [0.15, 0.2) is 18.2 Å². The van der Waals surface area contributed by atoms with Gasteiger partial charge in [0.2, 0.25) is 0 Å². The summed E-state index contributed by atoms with van der Waals surface area (Å²) in [5.74, 6) is 3.86. The van der Waals surface area contributed by atoms with Crippen molar-refractivity contribution in [1.29, 1.82) is 0 Å². The van der Waals surface area contributed by atoms with Gasteiger partial charge >= 0.3 is 0 Å². The lowest BCUT2D eigenvalue weighted by atomic mass is 10.2. The highest BCUT2D eigenvalue weighted by Crippen LogP contribution is 2.28. The van der Waals surface area contributed by atoms with Crippen LogP contribution in [0.3, 0.4) is 0 Å². The molecule has 0 aliphatic carbocycles. The number of rotatable bonds is 3. The molecular weight excluding hydrogens is 280 g/mol. The SMILES string of the molecule is Cc1ccc2nc(NCC3CSCCS3)sc2c1. The smallest absolute Gasteiger partial charge is 0.183 e. The van der Waals surface area contributed by atoms with Crippen molar-refractivity contribution in [2.75, 3.05) is 29.1 Å². The first-order valence-electron chi connectivity index (χ1n) is 6.12. The second-order valence-electron chi connectivity index (χ2n) is 4.44. The van der Waals surface area contributed by atoms with Crippen LogP contribution >= 0.6 is 34.9 Å². The molecule has 96 valence electrons. The molecule has 1 unspecified atom stereocenters. The number of thioether (sulfide) groups is 2. The molecule has 0 amide bonds. The number of nitrogens with one attached hydrogen (secondary N) is 1. The van der Waals surface area contributed by atoms with Gasteiger partial charge in [-0.05, 0) is 24.6 Å². The molecule has 2 heterocycles. The molecule has 0 bridgehead atoms. The van der Waals surface area contributed by atoms with Crippen LogP contribution in [0.5, 0.6) is 0 Å². The predicted molar refractivity (Wildman–Crippen MR) is 86.4 cm³/mol. The largest absolute Gasteiger partial charge is 0.360 e. The number of hydrogen-bond acceptors (Lipinski definition) is 5. The molecule has 3 rings (SSSR count). The zero-order chi connectivity index (χ0) is 12.4. The van der Waals surface area contributed by atoms with Gasteiger partial charge in [0.05, 0.1) is 10.2 Å². The third-order valence-electron chi connectivity index (χ3n) is 2.91. The van der Waals surface area contributed by atoms with E-state index in [-0.39, 0.29) is 0 Å². The maximum Gasteiger partial charge on any atom is 0.183 e. The van der Waals surface area contributed by atoms with Gasteiger partial charge in [0.25, 0.3) is 0 Å². The highest BCUT2D eigenvalue weighted by atomic mass is 32.2. The summed E-state index contributed by atoms with van der Waals surface area (Å²) in [5.41, 5.74) is 2.41. The van der Waals surface area contributed by atoms with Crippen LogP contribution in [0.25, 0.3) is 10.2 Å². The number of anilines is 1. The van der Waals surface area contributed by atoms with Crippen molar-refractivity contribution in [2.45, 2.75) is 12.2 Å². The monoisotopic (exact) mass is 296 g/mol. The molecule has 1 aromatic heterocycles. The van der Waals surface area contributed by atoms with E-state index in [0.717, 1.165) is 22.4 Å². The molecule has 1 aliphatic heterocycles. The second-order valence-corrected chi connectivity index (χ2v) is 8.03. The molecule has 2 aromatic rings. The second kappa shape index (κ2) is 5.72. The van der Waals surface area contributed by atoms with Gasteiger partial charge in [-0.1, -0.05) is 17.4 Å². The fourth-order valence-electron chi connectivity index (χ4n) is 1.96. The number of nitrogens with zero attached hydrogens (tertiary/aromatic N) is 1. The maximum absolute atomic E-state index is 4.63. The third-order valence-corrected chi connectivity index (χ3v) is 6.73. The maximum atomic E-state index is 4.63. The Morgan fingerprint density at radius 2 is 2.33 bits per heavy atom. The fraction of sp³-hybridized carbons (Fsp3) is 0.462. The molecule has 5 heteroatoms. The Hall–Kier alpha value is -0.390. The first-order chi connectivity index (χ1) is 8.81. The molecule has 1 atom stereocenters. The first kappa shape index (κ1) is 12.6. The van der Waals surface area contributed by atoms with Gasteiger partial charge in [-0.15, -0.1) is 0 Å². The lowest BCUT2D eigenvalue weighted by molar-refractivity contribution is 1.00. The van der Waals surface area contributed by atoms with Gasteiger partial charge in [0.15, 0.2) is 5.13 Å². The van der Waals surface area contributed by atoms with Crippen molar-refractivity contribution in [2.24, 2.45) is 0 Å². The number of thiazole rings is 1. The van der Waals surface area contributed by atoms with Crippen LogP contribution in [0.4, 0.5) is 5.13 Å².